The van der Waals surface area contributed by atoms with Gasteiger partial charge in [-0.3, -0.25) is 4.68 Å². The minimum absolute atomic E-state index is 0.0229. The Morgan fingerprint density at radius 1 is 1.35 bits per heavy atom. The van der Waals surface area contributed by atoms with E-state index in [1.54, 1.807) is 4.68 Å². The summed E-state index contributed by atoms with van der Waals surface area (Å²) in [6.45, 7) is 6.30. The third kappa shape index (κ3) is 3.56. The number of nitrogens with one attached hydrogen (secondary N) is 1. The van der Waals surface area contributed by atoms with Crippen LogP contribution in [0.5, 0.6) is 6.01 Å². The fourth-order valence-corrected chi connectivity index (χ4v) is 1.71. The zero-order valence-corrected chi connectivity index (χ0v) is 12.1. The van der Waals surface area contributed by atoms with Crippen LogP contribution in [0.2, 0.25) is 0 Å². The van der Waals surface area contributed by atoms with E-state index in [4.69, 9.17) is 10.5 Å². The molecular weight excluding hydrogens is 258 g/mol. The minimum atomic E-state index is -0.0229. The Kier molecular flexibility index (Phi) is 4.02. The van der Waals surface area contributed by atoms with E-state index in [9.17, 15) is 0 Å². The number of ether oxygens (including phenoxy) is 1. The number of aryl methyl sites for hydroxylation is 2. The molecule has 2 heterocycles. The molecule has 8 heteroatoms. The van der Waals surface area contributed by atoms with Crippen LogP contribution >= 0.6 is 0 Å². The average molecular weight is 277 g/mol. The van der Waals surface area contributed by atoms with Crippen molar-refractivity contribution in [1.82, 2.24) is 24.7 Å². The van der Waals surface area contributed by atoms with E-state index in [2.05, 4.69) is 25.4 Å². The summed E-state index contributed by atoms with van der Waals surface area (Å²) in [4.78, 5) is 12.1. The lowest BCUT2D eigenvalue weighted by molar-refractivity contribution is 0.222. The first-order valence-electron chi connectivity index (χ1n) is 6.35. The maximum Gasteiger partial charge on any atom is 0.323 e. The molecule has 3 N–H and O–H groups in total. The zero-order chi connectivity index (χ0) is 14.7. The highest BCUT2D eigenvalue weighted by Gasteiger charge is 2.08. The molecule has 0 radical (unpaired) electrons. The van der Waals surface area contributed by atoms with E-state index in [1.165, 1.54) is 0 Å². The van der Waals surface area contributed by atoms with Crippen LogP contribution in [0, 0.1) is 6.92 Å². The van der Waals surface area contributed by atoms with Crippen LogP contribution in [0.15, 0.2) is 6.20 Å². The number of nitrogens with zero attached hydrogens (tertiary/aromatic N) is 5. The third-order valence-electron chi connectivity index (χ3n) is 2.53. The van der Waals surface area contributed by atoms with E-state index >= 15 is 0 Å². The SMILES string of the molecule is Cc1nn(C)cc1CNc1nc(N)nc(OC(C)C)n1. The van der Waals surface area contributed by atoms with Gasteiger partial charge in [-0.1, -0.05) is 0 Å². The maximum absolute atomic E-state index is 5.64. The van der Waals surface area contributed by atoms with Crippen molar-refractivity contribution in [3.8, 4) is 6.01 Å². The number of aromatic nitrogens is 5. The number of hydrogen-bond donors (Lipinski definition) is 2. The lowest BCUT2D eigenvalue weighted by atomic mass is 10.3. The molecule has 0 atom stereocenters. The Morgan fingerprint density at radius 2 is 2.10 bits per heavy atom. The first kappa shape index (κ1) is 14.0. The van der Waals surface area contributed by atoms with E-state index in [0.717, 1.165) is 11.3 Å². The number of nitrogen functional groups attached to an aromatic ring is 1. The lowest BCUT2D eigenvalue weighted by Crippen LogP contribution is -2.13. The van der Waals surface area contributed by atoms with Crippen molar-refractivity contribution in [2.45, 2.75) is 33.4 Å². The van der Waals surface area contributed by atoms with Crippen LogP contribution in [0.1, 0.15) is 25.1 Å². The highest BCUT2D eigenvalue weighted by atomic mass is 16.5. The molecule has 0 fully saturated rings. The summed E-state index contributed by atoms with van der Waals surface area (Å²) in [6, 6.07) is 0.220. The summed E-state index contributed by atoms with van der Waals surface area (Å²) in [5.74, 6) is 0.512. The van der Waals surface area contributed by atoms with E-state index in [0.29, 0.717) is 12.5 Å². The van der Waals surface area contributed by atoms with Gasteiger partial charge in [0, 0.05) is 25.4 Å². The monoisotopic (exact) mass is 277 g/mol. The van der Waals surface area contributed by atoms with Gasteiger partial charge in [-0.25, -0.2) is 0 Å². The molecular formula is C12H19N7O. The van der Waals surface area contributed by atoms with Gasteiger partial charge in [-0.05, 0) is 20.8 Å². The first-order valence-corrected chi connectivity index (χ1v) is 6.35. The van der Waals surface area contributed by atoms with Crippen molar-refractivity contribution in [3.63, 3.8) is 0 Å². The Bertz CT molecular complexity index is 593. The third-order valence-corrected chi connectivity index (χ3v) is 2.53. The summed E-state index contributed by atoms with van der Waals surface area (Å²) >= 11 is 0. The van der Waals surface area contributed by atoms with Gasteiger partial charge in [0.1, 0.15) is 0 Å². The maximum atomic E-state index is 5.64. The molecule has 0 aliphatic heterocycles. The summed E-state index contributed by atoms with van der Waals surface area (Å²) in [5, 5.41) is 7.37. The fraction of sp³-hybridized carbons (Fsp3) is 0.500. The molecule has 0 unspecified atom stereocenters. The zero-order valence-electron chi connectivity index (χ0n) is 12.1. The second-order valence-corrected chi connectivity index (χ2v) is 4.73. The molecule has 0 saturated carbocycles. The second kappa shape index (κ2) is 5.72. The van der Waals surface area contributed by atoms with Crippen LogP contribution < -0.4 is 15.8 Å². The van der Waals surface area contributed by atoms with Crippen LogP contribution in [0.3, 0.4) is 0 Å². The van der Waals surface area contributed by atoms with Crippen molar-refractivity contribution < 1.29 is 4.74 Å². The quantitative estimate of drug-likeness (QED) is 0.836. The molecule has 2 aromatic heterocycles. The highest BCUT2D eigenvalue weighted by Crippen LogP contribution is 2.12. The Morgan fingerprint density at radius 3 is 2.70 bits per heavy atom. The van der Waals surface area contributed by atoms with Gasteiger partial charge in [0.25, 0.3) is 0 Å². The topological polar surface area (TPSA) is 104 Å². The van der Waals surface area contributed by atoms with Gasteiger partial charge in [0.2, 0.25) is 11.9 Å². The number of anilines is 2. The Hall–Kier alpha value is -2.38. The van der Waals surface area contributed by atoms with Gasteiger partial charge < -0.3 is 15.8 Å². The largest absolute Gasteiger partial charge is 0.461 e. The Balaban J connectivity index is 2.09. The lowest BCUT2D eigenvalue weighted by Gasteiger charge is -2.09. The van der Waals surface area contributed by atoms with Crippen LogP contribution in [0.4, 0.5) is 11.9 Å². The predicted octanol–water partition coefficient (Wildman–Crippen LogP) is 0.895. The molecule has 2 aromatic rings. The van der Waals surface area contributed by atoms with Crippen molar-refractivity contribution >= 4 is 11.9 Å². The van der Waals surface area contributed by atoms with E-state index in [-0.39, 0.29) is 18.1 Å². The van der Waals surface area contributed by atoms with Crippen LogP contribution in [0.25, 0.3) is 0 Å². The molecule has 0 bridgehead atoms. The van der Waals surface area contributed by atoms with E-state index in [1.807, 2.05) is 34.0 Å². The molecule has 0 aromatic carbocycles. The van der Waals surface area contributed by atoms with Gasteiger partial charge in [0.05, 0.1) is 11.8 Å². The molecule has 0 aliphatic carbocycles. The van der Waals surface area contributed by atoms with Crippen LogP contribution in [-0.2, 0) is 13.6 Å². The molecule has 20 heavy (non-hydrogen) atoms. The normalized spacial score (nSPS) is 10.8. The minimum Gasteiger partial charge on any atom is -0.461 e. The fourth-order valence-electron chi connectivity index (χ4n) is 1.71. The van der Waals surface area contributed by atoms with Crippen molar-refractivity contribution in [2.75, 3.05) is 11.1 Å². The van der Waals surface area contributed by atoms with Gasteiger partial charge in [-0.2, -0.15) is 20.1 Å². The number of rotatable bonds is 5. The number of nitrogens with two attached hydrogens (primary N) is 1. The summed E-state index contributed by atoms with van der Waals surface area (Å²) in [5.41, 5.74) is 7.67. The first-order chi connectivity index (χ1) is 9.44. The average Bonchev–Trinajstić information content (AvgIpc) is 2.63. The molecule has 108 valence electrons. The molecule has 2 rings (SSSR count). The molecule has 0 saturated heterocycles. The molecule has 8 nitrogen and oxygen atoms in total. The van der Waals surface area contributed by atoms with Gasteiger partial charge in [-0.15, -0.1) is 0 Å². The second-order valence-electron chi connectivity index (χ2n) is 4.73. The summed E-state index contributed by atoms with van der Waals surface area (Å²) in [7, 11) is 1.88. The van der Waals surface area contributed by atoms with Crippen molar-refractivity contribution in [1.29, 1.82) is 0 Å². The molecule has 0 aliphatic rings. The predicted molar refractivity (Wildman–Crippen MR) is 75.3 cm³/mol. The van der Waals surface area contributed by atoms with Crippen molar-refractivity contribution in [3.05, 3.63) is 17.5 Å². The molecule has 0 spiro atoms. The smallest absolute Gasteiger partial charge is 0.323 e. The standard InChI is InChI=1S/C12H19N7O/c1-7(2)20-12-16-10(13)15-11(17-12)14-5-9-6-19(4)18-8(9)3/h6-7H,5H2,1-4H3,(H3,13,14,15,16,17). The summed E-state index contributed by atoms with van der Waals surface area (Å²) < 4.78 is 7.18. The van der Waals surface area contributed by atoms with Gasteiger partial charge in [0.15, 0.2) is 0 Å². The summed E-state index contributed by atoms with van der Waals surface area (Å²) in [6.07, 6.45) is 1.92. The van der Waals surface area contributed by atoms with Crippen LogP contribution in [-0.4, -0.2) is 30.8 Å². The Labute approximate surface area is 117 Å². The number of hydrogen-bond acceptors (Lipinski definition) is 7. The van der Waals surface area contributed by atoms with Crippen molar-refractivity contribution in [2.24, 2.45) is 7.05 Å². The van der Waals surface area contributed by atoms with Gasteiger partial charge >= 0.3 is 6.01 Å². The molecule has 0 amide bonds. The van der Waals surface area contributed by atoms with E-state index < -0.39 is 0 Å². The highest BCUT2D eigenvalue weighted by molar-refractivity contribution is 5.34.